The third-order valence-corrected chi connectivity index (χ3v) is 4.81. The maximum Gasteiger partial charge on any atom is 0.00978 e. The molecule has 0 aromatic carbocycles. The summed E-state index contributed by atoms with van der Waals surface area (Å²) in [6, 6.07) is 0.791. The van der Waals surface area contributed by atoms with Crippen LogP contribution in [0.3, 0.4) is 0 Å². The first kappa shape index (κ1) is 17.0. The molecule has 1 aliphatic rings. The van der Waals surface area contributed by atoms with E-state index in [0.717, 1.165) is 17.9 Å². The molecule has 0 aromatic heterocycles. The predicted octanol–water partition coefficient (Wildman–Crippen LogP) is 5.54. The Bertz CT molecular complexity index is 194. The molecular weight excluding hydrogens is 230 g/mol. The van der Waals surface area contributed by atoms with Crippen LogP contribution in [0.15, 0.2) is 0 Å². The lowest BCUT2D eigenvalue weighted by molar-refractivity contribution is 0.246. The fraction of sp³-hybridized carbons (Fsp3) is 1.00. The molecule has 114 valence electrons. The van der Waals surface area contributed by atoms with Crippen molar-refractivity contribution in [2.45, 2.75) is 97.4 Å². The SMILES string of the molecule is CCCNC(CC(C)CCC)C1CCCCCCC1. The van der Waals surface area contributed by atoms with Crippen LogP contribution in [-0.2, 0) is 0 Å². The molecule has 2 unspecified atom stereocenters. The van der Waals surface area contributed by atoms with Gasteiger partial charge in [0.2, 0.25) is 0 Å². The van der Waals surface area contributed by atoms with Crippen molar-refractivity contribution in [2.75, 3.05) is 6.54 Å². The topological polar surface area (TPSA) is 12.0 Å². The Labute approximate surface area is 121 Å². The van der Waals surface area contributed by atoms with Gasteiger partial charge in [0.25, 0.3) is 0 Å². The first-order valence-corrected chi connectivity index (χ1v) is 9.01. The highest BCUT2D eigenvalue weighted by atomic mass is 14.9. The number of hydrogen-bond donors (Lipinski definition) is 1. The summed E-state index contributed by atoms with van der Waals surface area (Å²) in [6.45, 7) is 8.27. The zero-order valence-corrected chi connectivity index (χ0v) is 13.7. The summed E-state index contributed by atoms with van der Waals surface area (Å²) < 4.78 is 0. The van der Waals surface area contributed by atoms with Gasteiger partial charge in [0.05, 0.1) is 0 Å². The van der Waals surface area contributed by atoms with Gasteiger partial charge in [0, 0.05) is 6.04 Å². The Kier molecular flexibility index (Phi) is 9.59. The molecule has 1 saturated carbocycles. The second kappa shape index (κ2) is 10.7. The summed E-state index contributed by atoms with van der Waals surface area (Å²) >= 11 is 0. The molecule has 1 aliphatic carbocycles. The van der Waals surface area contributed by atoms with E-state index in [9.17, 15) is 0 Å². The molecule has 0 heterocycles. The Morgan fingerprint density at radius 3 is 2.16 bits per heavy atom. The largest absolute Gasteiger partial charge is 0.314 e. The Morgan fingerprint density at radius 2 is 1.58 bits per heavy atom. The van der Waals surface area contributed by atoms with Crippen LogP contribution in [-0.4, -0.2) is 12.6 Å². The van der Waals surface area contributed by atoms with Crippen molar-refractivity contribution in [3.05, 3.63) is 0 Å². The molecule has 2 atom stereocenters. The minimum atomic E-state index is 0.791. The zero-order valence-electron chi connectivity index (χ0n) is 13.7. The van der Waals surface area contributed by atoms with Gasteiger partial charge in [-0.25, -0.2) is 0 Å². The molecule has 0 spiro atoms. The number of nitrogens with one attached hydrogen (secondary N) is 1. The lowest BCUT2D eigenvalue weighted by atomic mass is 9.81. The number of hydrogen-bond acceptors (Lipinski definition) is 1. The molecule has 1 N–H and O–H groups in total. The molecular formula is C18H37N. The smallest absolute Gasteiger partial charge is 0.00978 e. The van der Waals surface area contributed by atoms with Crippen molar-refractivity contribution in [3.63, 3.8) is 0 Å². The Hall–Kier alpha value is -0.0400. The van der Waals surface area contributed by atoms with Crippen molar-refractivity contribution >= 4 is 0 Å². The molecule has 0 radical (unpaired) electrons. The van der Waals surface area contributed by atoms with Crippen LogP contribution in [0.5, 0.6) is 0 Å². The fourth-order valence-corrected chi connectivity index (χ4v) is 3.71. The highest BCUT2D eigenvalue weighted by Crippen LogP contribution is 2.28. The summed E-state index contributed by atoms with van der Waals surface area (Å²) in [6.07, 6.45) is 15.7. The van der Waals surface area contributed by atoms with Crippen molar-refractivity contribution < 1.29 is 0 Å². The van der Waals surface area contributed by atoms with Gasteiger partial charge in [-0.15, -0.1) is 0 Å². The fourth-order valence-electron chi connectivity index (χ4n) is 3.71. The van der Waals surface area contributed by atoms with Crippen molar-refractivity contribution in [1.82, 2.24) is 5.32 Å². The zero-order chi connectivity index (χ0) is 13.9. The molecule has 1 heteroatoms. The molecule has 19 heavy (non-hydrogen) atoms. The minimum absolute atomic E-state index is 0.791. The van der Waals surface area contributed by atoms with E-state index >= 15 is 0 Å². The van der Waals surface area contributed by atoms with Crippen LogP contribution in [0.25, 0.3) is 0 Å². The maximum absolute atomic E-state index is 3.88. The third kappa shape index (κ3) is 7.34. The molecule has 0 bridgehead atoms. The minimum Gasteiger partial charge on any atom is -0.314 e. The average molecular weight is 268 g/mol. The standard InChI is InChI=1S/C18H37N/c1-4-11-16(3)15-18(19-14-5-2)17-12-9-7-6-8-10-13-17/h16-19H,4-15H2,1-3H3. The first-order chi connectivity index (χ1) is 9.27. The summed E-state index contributed by atoms with van der Waals surface area (Å²) in [5.74, 6) is 1.84. The molecule has 1 rings (SSSR count). The summed E-state index contributed by atoms with van der Waals surface area (Å²) in [4.78, 5) is 0. The average Bonchev–Trinajstić information content (AvgIpc) is 2.35. The summed E-state index contributed by atoms with van der Waals surface area (Å²) in [5.41, 5.74) is 0. The first-order valence-electron chi connectivity index (χ1n) is 9.01. The van der Waals surface area contributed by atoms with E-state index in [1.165, 1.54) is 77.2 Å². The van der Waals surface area contributed by atoms with Gasteiger partial charge in [0.1, 0.15) is 0 Å². The van der Waals surface area contributed by atoms with E-state index in [0.29, 0.717) is 0 Å². The molecule has 0 aliphatic heterocycles. The maximum atomic E-state index is 3.88. The van der Waals surface area contributed by atoms with E-state index in [2.05, 4.69) is 26.1 Å². The van der Waals surface area contributed by atoms with Crippen molar-refractivity contribution in [3.8, 4) is 0 Å². The molecule has 1 fully saturated rings. The van der Waals surface area contributed by atoms with Gasteiger partial charge in [-0.2, -0.15) is 0 Å². The number of rotatable bonds is 8. The molecule has 1 nitrogen and oxygen atoms in total. The predicted molar refractivity (Wildman–Crippen MR) is 86.6 cm³/mol. The van der Waals surface area contributed by atoms with Gasteiger partial charge in [-0.1, -0.05) is 65.7 Å². The highest BCUT2D eigenvalue weighted by Gasteiger charge is 2.23. The summed E-state index contributed by atoms with van der Waals surface area (Å²) in [7, 11) is 0. The van der Waals surface area contributed by atoms with Crippen LogP contribution in [0.2, 0.25) is 0 Å². The highest BCUT2D eigenvalue weighted by molar-refractivity contribution is 4.79. The molecule has 0 amide bonds. The van der Waals surface area contributed by atoms with E-state index in [4.69, 9.17) is 0 Å². The third-order valence-electron chi connectivity index (χ3n) is 4.81. The van der Waals surface area contributed by atoms with Gasteiger partial charge in [0.15, 0.2) is 0 Å². The lowest BCUT2D eigenvalue weighted by Gasteiger charge is -2.31. The van der Waals surface area contributed by atoms with Crippen molar-refractivity contribution in [2.24, 2.45) is 11.8 Å². The second-order valence-electron chi connectivity index (χ2n) is 6.80. The second-order valence-corrected chi connectivity index (χ2v) is 6.80. The monoisotopic (exact) mass is 267 g/mol. The Morgan fingerprint density at radius 1 is 0.947 bits per heavy atom. The van der Waals surface area contributed by atoms with E-state index in [1.54, 1.807) is 0 Å². The van der Waals surface area contributed by atoms with Crippen LogP contribution < -0.4 is 5.32 Å². The van der Waals surface area contributed by atoms with Gasteiger partial charge in [-0.05, 0) is 44.1 Å². The van der Waals surface area contributed by atoms with Crippen LogP contribution in [0.4, 0.5) is 0 Å². The van der Waals surface area contributed by atoms with Crippen LogP contribution in [0, 0.1) is 11.8 Å². The summed E-state index contributed by atoms with van der Waals surface area (Å²) in [5, 5.41) is 3.88. The Balaban J connectivity index is 2.48. The van der Waals surface area contributed by atoms with Crippen LogP contribution >= 0.6 is 0 Å². The normalized spacial score (nSPS) is 21.6. The quantitative estimate of drug-likeness (QED) is 0.608. The lowest BCUT2D eigenvalue weighted by Crippen LogP contribution is -2.38. The van der Waals surface area contributed by atoms with Gasteiger partial charge < -0.3 is 5.32 Å². The van der Waals surface area contributed by atoms with E-state index in [1.807, 2.05) is 0 Å². The van der Waals surface area contributed by atoms with E-state index < -0.39 is 0 Å². The molecule has 0 saturated heterocycles. The van der Waals surface area contributed by atoms with Gasteiger partial charge >= 0.3 is 0 Å². The van der Waals surface area contributed by atoms with Gasteiger partial charge in [-0.3, -0.25) is 0 Å². The van der Waals surface area contributed by atoms with E-state index in [-0.39, 0.29) is 0 Å². The molecule has 0 aromatic rings. The van der Waals surface area contributed by atoms with Crippen LogP contribution in [0.1, 0.15) is 91.4 Å². The van der Waals surface area contributed by atoms with Crippen molar-refractivity contribution in [1.29, 1.82) is 0 Å².